The van der Waals surface area contributed by atoms with Crippen molar-refractivity contribution in [3.63, 3.8) is 0 Å². The van der Waals surface area contributed by atoms with E-state index in [1.54, 1.807) is 17.0 Å². The molecule has 0 spiro atoms. The van der Waals surface area contributed by atoms with E-state index in [9.17, 15) is 14.9 Å². The highest BCUT2D eigenvalue weighted by Gasteiger charge is 2.26. The number of piperazine rings is 1. The summed E-state index contributed by atoms with van der Waals surface area (Å²) in [5.74, 6) is -0.177. The average Bonchev–Trinajstić information content (AvgIpc) is 2.62. The quantitative estimate of drug-likeness (QED) is 0.660. The Morgan fingerprint density at radius 1 is 1.28 bits per heavy atom. The Bertz CT molecular complexity index is 779. The van der Waals surface area contributed by atoms with Gasteiger partial charge in [0.05, 0.1) is 4.92 Å². The van der Waals surface area contributed by atoms with Gasteiger partial charge in [-0.1, -0.05) is 18.2 Å². The van der Waals surface area contributed by atoms with Crippen LogP contribution in [0, 0.1) is 10.1 Å². The molecule has 0 saturated carbocycles. The van der Waals surface area contributed by atoms with E-state index < -0.39 is 4.92 Å². The van der Waals surface area contributed by atoms with Crippen LogP contribution in [0.25, 0.3) is 0 Å². The topological polar surface area (TPSA) is 87.5 Å². The molecule has 1 aliphatic heterocycles. The summed E-state index contributed by atoms with van der Waals surface area (Å²) < 4.78 is 0. The number of amides is 1. The summed E-state index contributed by atoms with van der Waals surface area (Å²) in [4.78, 5) is 25.4. The highest BCUT2D eigenvalue weighted by molar-refractivity contribution is 5.96. The molecule has 0 radical (unpaired) electrons. The molecule has 1 saturated heterocycles. The third kappa shape index (κ3) is 3.77. The third-order valence-electron chi connectivity index (χ3n) is 4.26. The number of benzene rings is 2. The molecule has 1 amide bonds. The molecular formula is C18H20N4O3. The van der Waals surface area contributed by atoms with Crippen molar-refractivity contribution in [2.45, 2.75) is 13.0 Å². The maximum atomic E-state index is 12.7. The fourth-order valence-electron chi connectivity index (χ4n) is 2.91. The van der Waals surface area contributed by atoms with Crippen molar-refractivity contribution in [1.29, 1.82) is 0 Å². The summed E-state index contributed by atoms with van der Waals surface area (Å²) in [5.41, 5.74) is 1.33. The summed E-state index contributed by atoms with van der Waals surface area (Å²) in [6.07, 6.45) is 0. The van der Waals surface area contributed by atoms with Gasteiger partial charge in [-0.15, -0.1) is 0 Å². The number of hydrogen-bond acceptors (Lipinski definition) is 5. The Morgan fingerprint density at radius 3 is 2.72 bits per heavy atom. The molecule has 7 heteroatoms. The predicted octanol–water partition coefficient (Wildman–Crippen LogP) is 2.77. The fourth-order valence-corrected chi connectivity index (χ4v) is 2.91. The first kappa shape index (κ1) is 16.9. The molecule has 25 heavy (non-hydrogen) atoms. The molecule has 0 bridgehead atoms. The van der Waals surface area contributed by atoms with E-state index in [4.69, 9.17) is 0 Å². The van der Waals surface area contributed by atoms with Gasteiger partial charge in [0.2, 0.25) is 0 Å². The van der Waals surface area contributed by atoms with E-state index in [0.717, 1.165) is 18.8 Å². The molecule has 0 aliphatic carbocycles. The Balaban J connectivity index is 1.88. The molecule has 1 atom stereocenters. The van der Waals surface area contributed by atoms with E-state index in [-0.39, 0.29) is 17.6 Å². The van der Waals surface area contributed by atoms with Crippen LogP contribution in [0.1, 0.15) is 17.3 Å². The fraction of sp³-hybridized carbons (Fsp3) is 0.278. The summed E-state index contributed by atoms with van der Waals surface area (Å²) in [6.45, 7) is 4.01. The van der Waals surface area contributed by atoms with Crippen molar-refractivity contribution < 1.29 is 9.72 Å². The number of para-hydroxylation sites is 1. The van der Waals surface area contributed by atoms with Crippen LogP contribution in [-0.2, 0) is 0 Å². The number of hydrogen-bond donors (Lipinski definition) is 2. The number of carbonyl (C=O) groups excluding carboxylic acids is 1. The van der Waals surface area contributed by atoms with Crippen LogP contribution >= 0.6 is 0 Å². The van der Waals surface area contributed by atoms with Gasteiger partial charge in [-0.2, -0.15) is 0 Å². The highest BCUT2D eigenvalue weighted by Crippen LogP contribution is 2.29. The minimum Gasteiger partial charge on any atom is -0.350 e. The molecule has 0 unspecified atom stereocenters. The molecule has 2 aromatic rings. The lowest BCUT2D eigenvalue weighted by Crippen LogP contribution is -2.52. The van der Waals surface area contributed by atoms with Crippen molar-refractivity contribution >= 4 is 23.0 Å². The van der Waals surface area contributed by atoms with Gasteiger partial charge < -0.3 is 15.5 Å². The smallest absolute Gasteiger partial charge is 0.293 e. The number of rotatable bonds is 4. The molecule has 2 N–H and O–H groups in total. The van der Waals surface area contributed by atoms with Gasteiger partial charge in [0.1, 0.15) is 5.69 Å². The number of anilines is 2. The van der Waals surface area contributed by atoms with Crippen molar-refractivity contribution in [1.82, 2.24) is 10.2 Å². The van der Waals surface area contributed by atoms with Crippen LogP contribution in [-0.4, -0.2) is 41.4 Å². The third-order valence-corrected chi connectivity index (χ3v) is 4.26. The first-order valence-electron chi connectivity index (χ1n) is 8.18. The SMILES string of the molecule is C[C@@H]1CNCCN1C(=O)c1ccc(Nc2ccccc2)c([N+](=O)[O-])c1. The lowest BCUT2D eigenvalue weighted by molar-refractivity contribution is -0.383. The Labute approximate surface area is 145 Å². The monoisotopic (exact) mass is 340 g/mol. The Kier molecular flexibility index (Phi) is 4.95. The standard InChI is InChI=1S/C18H20N4O3/c1-13-12-19-9-10-21(13)18(23)14-7-8-16(17(11-14)22(24)25)20-15-5-3-2-4-6-15/h2-8,11,13,19-20H,9-10,12H2,1H3/t13-/m1/s1. The zero-order valence-corrected chi connectivity index (χ0v) is 13.9. The van der Waals surface area contributed by atoms with Gasteiger partial charge in [-0.3, -0.25) is 14.9 Å². The van der Waals surface area contributed by atoms with Crippen LogP contribution in [0.4, 0.5) is 17.1 Å². The van der Waals surface area contributed by atoms with Gasteiger partial charge in [-0.25, -0.2) is 0 Å². The van der Waals surface area contributed by atoms with Crippen molar-refractivity contribution in [3.8, 4) is 0 Å². The van der Waals surface area contributed by atoms with Gasteiger partial charge in [-0.05, 0) is 31.2 Å². The molecule has 130 valence electrons. The first-order chi connectivity index (χ1) is 12.1. The molecule has 3 rings (SSSR count). The first-order valence-corrected chi connectivity index (χ1v) is 8.18. The molecular weight excluding hydrogens is 320 g/mol. The van der Waals surface area contributed by atoms with Crippen molar-refractivity contribution in [2.24, 2.45) is 0 Å². The largest absolute Gasteiger partial charge is 0.350 e. The van der Waals surface area contributed by atoms with Crippen molar-refractivity contribution in [3.05, 3.63) is 64.2 Å². The molecule has 0 aromatic heterocycles. The summed E-state index contributed by atoms with van der Waals surface area (Å²) in [5, 5.41) is 17.7. The Hall–Kier alpha value is -2.93. The number of nitro benzene ring substituents is 1. The van der Waals surface area contributed by atoms with Crippen LogP contribution < -0.4 is 10.6 Å². The van der Waals surface area contributed by atoms with Gasteiger partial charge in [0.15, 0.2) is 0 Å². The van der Waals surface area contributed by atoms with Crippen LogP contribution in [0.5, 0.6) is 0 Å². The Morgan fingerprint density at radius 2 is 2.04 bits per heavy atom. The maximum absolute atomic E-state index is 12.7. The average molecular weight is 340 g/mol. The molecule has 1 fully saturated rings. The summed E-state index contributed by atoms with van der Waals surface area (Å²) >= 11 is 0. The normalized spacial score (nSPS) is 17.2. The lowest BCUT2D eigenvalue weighted by atomic mass is 10.1. The summed E-state index contributed by atoms with van der Waals surface area (Å²) in [7, 11) is 0. The minimum atomic E-state index is -0.469. The minimum absolute atomic E-state index is 0.0578. The van der Waals surface area contributed by atoms with Gasteiger partial charge in [0, 0.05) is 43.0 Å². The van der Waals surface area contributed by atoms with E-state index in [1.165, 1.54) is 6.07 Å². The number of nitrogens with one attached hydrogen (secondary N) is 2. The van der Waals surface area contributed by atoms with Crippen LogP contribution in [0.3, 0.4) is 0 Å². The molecule has 1 heterocycles. The van der Waals surface area contributed by atoms with E-state index in [0.29, 0.717) is 17.8 Å². The number of nitrogens with zero attached hydrogens (tertiary/aromatic N) is 2. The molecule has 1 aliphatic rings. The second-order valence-corrected chi connectivity index (χ2v) is 6.03. The van der Waals surface area contributed by atoms with Gasteiger partial charge >= 0.3 is 0 Å². The van der Waals surface area contributed by atoms with E-state index in [1.807, 2.05) is 37.3 Å². The molecule has 7 nitrogen and oxygen atoms in total. The van der Waals surface area contributed by atoms with Crippen LogP contribution in [0.15, 0.2) is 48.5 Å². The van der Waals surface area contributed by atoms with E-state index in [2.05, 4.69) is 10.6 Å². The number of nitro groups is 1. The van der Waals surface area contributed by atoms with Crippen molar-refractivity contribution in [2.75, 3.05) is 25.0 Å². The van der Waals surface area contributed by atoms with E-state index >= 15 is 0 Å². The maximum Gasteiger partial charge on any atom is 0.293 e. The zero-order chi connectivity index (χ0) is 17.8. The predicted molar refractivity (Wildman–Crippen MR) is 96.2 cm³/mol. The highest BCUT2D eigenvalue weighted by atomic mass is 16.6. The van der Waals surface area contributed by atoms with Gasteiger partial charge in [0.25, 0.3) is 11.6 Å². The lowest BCUT2D eigenvalue weighted by Gasteiger charge is -2.34. The second kappa shape index (κ2) is 7.31. The molecule has 2 aromatic carbocycles. The number of carbonyl (C=O) groups is 1. The second-order valence-electron chi connectivity index (χ2n) is 6.03. The van der Waals surface area contributed by atoms with Crippen LogP contribution in [0.2, 0.25) is 0 Å². The summed E-state index contributed by atoms with van der Waals surface area (Å²) in [6, 6.07) is 13.8. The zero-order valence-electron chi connectivity index (χ0n) is 13.9.